The molecule has 1 N–H and O–H groups in total. The maximum absolute atomic E-state index is 11.3. The van der Waals surface area contributed by atoms with Gasteiger partial charge < -0.3 is 9.47 Å². The molecule has 0 spiro atoms. The second-order valence-electron chi connectivity index (χ2n) is 3.10. The standard InChI is InChI=1S/C10H14O7S.Na.H/c1-3-5-16-9(11)7-8(18(13,14)15)10(12)17-6-4-2;;/h3-4,8H,1-2,5-7H2,(H,13,14,15);;. The molecule has 0 saturated carbocycles. The summed E-state index contributed by atoms with van der Waals surface area (Å²) in [4.78, 5) is 22.5. The van der Waals surface area contributed by atoms with Crippen LogP contribution < -0.4 is 0 Å². The van der Waals surface area contributed by atoms with Crippen LogP contribution in [0.4, 0.5) is 0 Å². The van der Waals surface area contributed by atoms with Gasteiger partial charge in [0.05, 0.1) is 6.42 Å². The van der Waals surface area contributed by atoms with Gasteiger partial charge in [-0.25, -0.2) is 0 Å². The number of rotatable bonds is 8. The Labute approximate surface area is 133 Å². The van der Waals surface area contributed by atoms with E-state index >= 15 is 0 Å². The Kier molecular flexibility index (Phi) is 11.0. The van der Waals surface area contributed by atoms with Crippen LogP contribution in [-0.2, 0) is 29.2 Å². The third-order valence-electron chi connectivity index (χ3n) is 1.68. The minimum atomic E-state index is -4.75. The van der Waals surface area contributed by atoms with Crippen molar-refractivity contribution in [2.75, 3.05) is 13.2 Å². The molecule has 0 fully saturated rings. The number of esters is 2. The van der Waals surface area contributed by atoms with Gasteiger partial charge >= 0.3 is 41.5 Å². The first-order valence-corrected chi connectivity index (χ1v) is 6.33. The van der Waals surface area contributed by atoms with E-state index in [9.17, 15) is 18.0 Å². The van der Waals surface area contributed by atoms with E-state index in [1.807, 2.05) is 0 Å². The van der Waals surface area contributed by atoms with Gasteiger partial charge in [0.25, 0.3) is 10.1 Å². The van der Waals surface area contributed by atoms with Crippen molar-refractivity contribution in [1.82, 2.24) is 0 Å². The average molecular weight is 302 g/mol. The fourth-order valence-electron chi connectivity index (χ4n) is 0.906. The van der Waals surface area contributed by atoms with Gasteiger partial charge in [0.1, 0.15) is 13.2 Å². The van der Waals surface area contributed by atoms with Crippen molar-refractivity contribution in [2.45, 2.75) is 11.7 Å². The van der Waals surface area contributed by atoms with E-state index in [-0.39, 0.29) is 42.8 Å². The minimum absolute atomic E-state index is 0. The predicted octanol–water partition coefficient (Wildman–Crippen LogP) is -0.557. The third kappa shape index (κ3) is 8.95. The van der Waals surface area contributed by atoms with E-state index in [1.165, 1.54) is 12.2 Å². The van der Waals surface area contributed by atoms with Gasteiger partial charge in [0.2, 0.25) is 0 Å². The number of hydrogen-bond acceptors (Lipinski definition) is 6. The van der Waals surface area contributed by atoms with Crippen LogP contribution in [0.3, 0.4) is 0 Å². The molecule has 1 unspecified atom stereocenters. The summed E-state index contributed by atoms with van der Waals surface area (Å²) < 4.78 is 39.7. The second-order valence-corrected chi connectivity index (χ2v) is 4.70. The summed E-state index contributed by atoms with van der Waals surface area (Å²) in [5.74, 6) is -2.21. The van der Waals surface area contributed by atoms with Crippen LogP contribution in [0, 0.1) is 0 Å². The third-order valence-corrected chi connectivity index (χ3v) is 2.76. The molecule has 104 valence electrons. The molecular formula is C10H15NaO7S. The van der Waals surface area contributed by atoms with Gasteiger partial charge in [-0.05, 0) is 0 Å². The molecule has 0 radical (unpaired) electrons. The zero-order chi connectivity index (χ0) is 14.2. The van der Waals surface area contributed by atoms with E-state index < -0.39 is 33.7 Å². The number of hydrogen-bond donors (Lipinski definition) is 1. The van der Waals surface area contributed by atoms with Crippen molar-refractivity contribution >= 4 is 51.6 Å². The summed E-state index contributed by atoms with van der Waals surface area (Å²) in [7, 11) is -4.75. The van der Waals surface area contributed by atoms with E-state index in [4.69, 9.17) is 4.55 Å². The molecule has 0 aliphatic carbocycles. The molecule has 0 aromatic carbocycles. The number of ether oxygens (including phenoxy) is 2. The molecule has 19 heavy (non-hydrogen) atoms. The van der Waals surface area contributed by atoms with Gasteiger partial charge in [0.15, 0.2) is 5.25 Å². The zero-order valence-corrected chi connectivity index (χ0v) is 10.4. The molecule has 0 saturated heterocycles. The molecule has 0 amide bonds. The molecule has 0 rings (SSSR count). The summed E-state index contributed by atoms with van der Waals surface area (Å²) in [6, 6.07) is 0. The molecule has 0 aliphatic rings. The number of carbonyl (C=O) groups excluding carboxylic acids is 2. The summed E-state index contributed by atoms with van der Waals surface area (Å²) in [5, 5.41) is -2.00. The van der Waals surface area contributed by atoms with E-state index in [0.29, 0.717) is 0 Å². The fourth-order valence-corrected chi connectivity index (χ4v) is 1.56. The molecular weight excluding hydrogens is 287 g/mol. The second kappa shape index (κ2) is 10.2. The quantitative estimate of drug-likeness (QED) is 0.277. The first-order chi connectivity index (χ1) is 8.32. The monoisotopic (exact) mass is 302 g/mol. The Morgan fingerprint density at radius 2 is 1.63 bits per heavy atom. The van der Waals surface area contributed by atoms with Crippen LogP contribution in [0.25, 0.3) is 0 Å². The molecule has 0 aromatic rings. The molecule has 1 atom stereocenters. The Balaban J connectivity index is 0. The van der Waals surface area contributed by atoms with Gasteiger partial charge in [-0.1, -0.05) is 25.3 Å². The van der Waals surface area contributed by atoms with Crippen molar-refractivity contribution in [1.29, 1.82) is 0 Å². The summed E-state index contributed by atoms with van der Waals surface area (Å²) in [6.07, 6.45) is 1.66. The van der Waals surface area contributed by atoms with Crippen LogP contribution in [-0.4, -0.2) is 72.9 Å². The van der Waals surface area contributed by atoms with Crippen molar-refractivity contribution in [3.05, 3.63) is 25.3 Å². The Morgan fingerprint density at radius 1 is 1.16 bits per heavy atom. The Bertz CT molecular complexity index is 429. The average Bonchev–Trinajstić information content (AvgIpc) is 2.28. The normalized spacial score (nSPS) is 11.6. The van der Waals surface area contributed by atoms with Crippen molar-refractivity contribution in [3.63, 3.8) is 0 Å². The first-order valence-electron chi connectivity index (χ1n) is 4.83. The van der Waals surface area contributed by atoms with E-state index in [2.05, 4.69) is 22.6 Å². The first kappa shape index (κ1) is 20.6. The van der Waals surface area contributed by atoms with Crippen LogP contribution in [0.2, 0.25) is 0 Å². The zero-order valence-electron chi connectivity index (χ0n) is 9.57. The predicted molar refractivity (Wildman–Crippen MR) is 69.4 cm³/mol. The van der Waals surface area contributed by atoms with Crippen molar-refractivity contribution < 1.29 is 32.0 Å². The maximum atomic E-state index is 11.3. The van der Waals surface area contributed by atoms with Crippen LogP contribution in [0.5, 0.6) is 0 Å². The molecule has 7 nitrogen and oxygen atoms in total. The van der Waals surface area contributed by atoms with Crippen molar-refractivity contribution in [3.8, 4) is 0 Å². The van der Waals surface area contributed by atoms with Crippen molar-refractivity contribution in [2.24, 2.45) is 0 Å². The number of carbonyl (C=O) groups is 2. The Hall–Kier alpha value is -0.670. The molecule has 0 aromatic heterocycles. The molecule has 9 heteroatoms. The summed E-state index contributed by atoms with van der Waals surface area (Å²) >= 11 is 0. The van der Waals surface area contributed by atoms with Gasteiger partial charge in [-0.3, -0.25) is 14.1 Å². The van der Waals surface area contributed by atoms with E-state index in [0.717, 1.165) is 0 Å². The molecule has 0 heterocycles. The van der Waals surface area contributed by atoms with E-state index in [1.54, 1.807) is 0 Å². The van der Waals surface area contributed by atoms with Gasteiger partial charge in [-0.2, -0.15) is 8.42 Å². The SMILES string of the molecule is C=CCOC(=O)CC(C(=O)OCC=C)S(=O)(=O)O.[NaH]. The summed E-state index contributed by atoms with van der Waals surface area (Å²) in [5.41, 5.74) is 0. The van der Waals surface area contributed by atoms with Crippen LogP contribution >= 0.6 is 0 Å². The summed E-state index contributed by atoms with van der Waals surface area (Å²) in [6.45, 7) is 6.20. The van der Waals surface area contributed by atoms with Gasteiger partial charge in [-0.15, -0.1) is 0 Å². The molecule has 0 aliphatic heterocycles. The van der Waals surface area contributed by atoms with Gasteiger partial charge in [0, 0.05) is 0 Å². The topological polar surface area (TPSA) is 107 Å². The Morgan fingerprint density at radius 3 is 2.05 bits per heavy atom. The van der Waals surface area contributed by atoms with Crippen LogP contribution in [0.15, 0.2) is 25.3 Å². The molecule has 0 bridgehead atoms. The fraction of sp³-hybridized carbons (Fsp3) is 0.400. The van der Waals surface area contributed by atoms with Crippen LogP contribution in [0.1, 0.15) is 6.42 Å².